The molecule has 1 unspecified atom stereocenters. The number of ether oxygens (including phenoxy) is 2. The van der Waals surface area contributed by atoms with Crippen LogP contribution in [0.2, 0.25) is 0 Å². The summed E-state index contributed by atoms with van der Waals surface area (Å²) in [5, 5.41) is 0. The molecular formula is C19H20N2O3. The van der Waals surface area contributed by atoms with Gasteiger partial charge in [-0.15, -0.1) is 0 Å². The molecule has 1 saturated heterocycles. The number of piperazine rings is 1. The number of fused-ring (bicyclic) bond motifs is 1. The Kier molecular flexibility index (Phi) is 3.86. The number of carbonyl (C=O) groups excluding carboxylic acids is 1. The van der Waals surface area contributed by atoms with E-state index in [1.54, 1.807) is 7.11 Å². The van der Waals surface area contributed by atoms with Crippen molar-refractivity contribution >= 4 is 11.7 Å². The zero-order valence-electron chi connectivity index (χ0n) is 13.6. The van der Waals surface area contributed by atoms with Crippen LogP contribution in [0, 0.1) is 0 Å². The Morgan fingerprint density at radius 1 is 1.00 bits per heavy atom. The van der Waals surface area contributed by atoms with Crippen LogP contribution in [0.1, 0.15) is 22.1 Å². The van der Waals surface area contributed by atoms with Crippen LogP contribution in [0.3, 0.4) is 0 Å². The van der Waals surface area contributed by atoms with Crippen LogP contribution in [0.4, 0.5) is 5.69 Å². The highest BCUT2D eigenvalue weighted by Crippen LogP contribution is 2.35. The highest BCUT2D eigenvalue weighted by atomic mass is 16.6. The van der Waals surface area contributed by atoms with Crippen molar-refractivity contribution in [3.63, 3.8) is 0 Å². The van der Waals surface area contributed by atoms with Gasteiger partial charge in [-0.05, 0) is 18.2 Å². The number of cyclic esters (lactones) is 1. The first-order chi connectivity index (χ1) is 11.8. The maximum absolute atomic E-state index is 12.0. The summed E-state index contributed by atoms with van der Waals surface area (Å²) >= 11 is 0. The van der Waals surface area contributed by atoms with Gasteiger partial charge < -0.3 is 14.4 Å². The van der Waals surface area contributed by atoms with Gasteiger partial charge in [0.15, 0.2) is 6.23 Å². The first-order valence-electron chi connectivity index (χ1n) is 8.20. The Hall–Kier alpha value is -2.53. The number of hydrogen-bond acceptors (Lipinski definition) is 5. The van der Waals surface area contributed by atoms with Gasteiger partial charge in [0.05, 0.1) is 18.4 Å². The zero-order valence-corrected chi connectivity index (χ0v) is 13.6. The summed E-state index contributed by atoms with van der Waals surface area (Å²) in [6.45, 7) is 3.42. The first-order valence-corrected chi connectivity index (χ1v) is 8.20. The molecule has 0 N–H and O–H groups in total. The monoisotopic (exact) mass is 324 g/mol. The van der Waals surface area contributed by atoms with E-state index < -0.39 is 0 Å². The molecule has 2 aromatic rings. The van der Waals surface area contributed by atoms with Crippen LogP contribution in [0.5, 0.6) is 5.75 Å². The minimum atomic E-state index is -0.256. The van der Waals surface area contributed by atoms with Crippen LogP contribution in [0.15, 0.2) is 48.5 Å². The van der Waals surface area contributed by atoms with E-state index in [0.717, 1.165) is 43.2 Å². The van der Waals surface area contributed by atoms with Crippen molar-refractivity contribution in [3.8, 4) is 5.75 Å². The summed E-state index contributed by atoms with van der Waals surface area (Å²) < 4.78 is 11.1. The second-order valence-corrected chi connectivity index (χ2v) is 6.04. The minimum absolute atomic E-state index is 0.220. The van der Waals surface area contributed by atoms with Gasteiger partial charge in [0, 0.05) is 31.7 Å². The Balaban J connectivity index is 1.48. The third-order valence-corrected chi connectivity index (χ3v) is 4.74. The number of methoxy groups -OCH3 is 1. The van der Waals surface area contributed by atoms with Gasteiger partial charge in [-0.1, -0.05) is 30.3 Å². The highest BCUT2D eigenvalue weighted by Gasteiger charge is 2.36. The number of benzene rings is 2. The number of carbonyl (C=O) groups is 1. The molecule has 2 aromatic carbocycles. The lowest BCUT2D eigenvalue weighted by Gasteiger charge is -2.38. The number of hydrogen-bond donors (Lipinski definition) is 0. The summed E-state index contributed by atoms with van der Waals surface area (Å²) in [6.07, 6.45) is -0.256. The summed E-state index contributed by atoms with van der Waals surface area (Å²) in [6, 6.07) is 15.7. The number of anilines is 1. The maximum Gasteiger partial charge on any atom is 0.340 e. The molecule has 0 radical (unpaired) electrons. The first kappa shape index (κ1) is 15.0. The lowest BCUT2D eigenvalue weighted by Crippen LogP contribution is -2.47. The molecule has 24 heavy (non-hydrogen) atoms. The number of rotatable bonds is 3. The normalized spacial score (nSPS) is 20.6. The molecule has 2 aliphatic heterocycles. The standard InChI is InChI=1S/C19H20N2O3/c1-23-17-9-5-4-8-16(17)20-10-12-21(13-11-20)18-14-6-2-3-7-15(14)19(22)24-18/h2-9,18H,10-13H2,1H3. The van der Waals surface area contributed by atoms with Gasteiger partial charge in [0.1, 0.15) is 5.75 Å². The summed E-state index contributed by atoms with van der Waals surface area (Å²) in [7, 11) is 1.70. The smallest absolute Gasteiger partial charge is 0.340 e. The van der Waals surface area contributed by atoms with E-state index in [1.165, 1.54) is 0 Å². The van der Waals surface area contributed by atoms with E-state index in [9.17, 15) is 4.79 Å². The van der Waals surface area contributed by atoms with Crippen LogP contribution in [-0.2, 0) is 4.74 Å². The number of para-hydroxylation sites is 2. The summed E-state index contributed by atoms with van der Waals surface area (Å²) in [4.78, 5) is 16.6. The highest BCUT2D eigenvalue weighted by molar-refractivity contribution is 5.93. The molecule has 4 rings (SSSR count). The van der Waals surface area contributed by atoms with Gasteiger partial charge in [0.2, 0.25) is 0 Å². The fraction of sp³-hybridized carbons (Fsp3) is 0.316. The second-order valence-electron chi connectivity index (χ2n) is 6.04. The van der Waals surface area contributed by atoms with Crippen molar-refractivity contribution in [1.82, 2.24) is 4.90 Å². The molecule has 1 atom stereocenters. The molecule has 0 aromatic heterocycles. The van der Waals surface area contributed by atoms with Gasteiger partial charge in [-0.2, -0.15) is 0 Å². The zero-order chi connectivity index (χ0) is 16.5. The SMILES string of the molecule is COc1ccccc1N1CCN(C2OC(=O)c3ccccc32)CC1. The second kappa shape index (κ2) is 6.17. The lowest BCUT2D eigenvalue weighted by molar-refractivity contribution is -0.0250. The average Bonchev–Trinajstić information content (AvgIpc) is 2.99. The van der Waals surface area contributed by atoms with Crippen molar-refractivity contribution in [1.29, 1.82) is 0 Å². The Morgan fingerprint density at radius 3 is 2.50 bits per heavy atom. The number of esters is 1. The molecule has 0 aliphatic carbocycles. The molecule has 0 spiro atoms. The minimum Gasteiger partial charge on any atom is -0.495 e. The molecule has 5 heteroatoms. The number of nitrogens with zero attached hydrogens (tertiary/aromatic N) is 2. The van der Waals surface area contributed by atoms with Crippen molar-refractivity contribution in [3.05, 3.63) is 59.7 Å². The molecule has 1 fully saturated rings. The van der Waals surface area contributed by atoms with E-state index in [-0.39, 0.29) is 12.2 Å². The maximum atomic E-state index is 12.0. The van der Waals surface area contributed by atoms with E-state index >= 15 is 0 Å². The van der Waals surface area contributed by atoms with Crippen molar-refractivity contribution in [2.75, 3.05) is 38.2 Å². The van der Waals surface area contributed by atoms with Gasteiger partial charge in [0.25, 0.3) is 0 Å². The fourth-order valence-electron chi connectivity index (χ4n) is 3.49. The van der Waals surface area contributed by atoms with Crippen molar-refractivity contribution < 1.29 is 14.3 Å². The van der Waals surface area contributed by atoms with E-state index in [2.05, 4.69) is 15.9 Å². The van der Waals surface area contributed by atoms with Gasteiger partial charge >= 0.3 is 5.97 Å². The largest absolute Gasteiger partial charge is 0.495 e. The molecule has 2 aliphatic rings. The van der Waals surface area contributed by atoms with Crippen LogP contribution < -0.4 is 9.64 Å². The quantitative estimate of drug-likeness (QED) is 0.812. The Morgan fingerprint density at radius 2 is 1.71 bits per heavy atom. The van der Waals surface area contributed by atoms with E-state index in [4.69, 9.17) is 9.47 Å². The third-order valence-electron chi connectivity index (χ3n) is 4.74. The van der Waals surface area contributed by atoms with Crippen LogP contribution >= 0.6 is 0 Å². The van der Waals surface area contributed by atoms with Gasteiger partial charge in [-0.25, -0.2) is 4.79 Å². The third kappa shape index (κ3) is 2.51. The summed E-state index contributed by atoms with van der Waals surface area (Å²) in [5.74, 6) is 0.673. The molecule has 2 heterocycles. The predicted molar refractivity (Wildman–Crippen MR) is 91.4 cm³/mol. The van der Waals surface area contributed by atoms with Crippen LogP contribution in [-0.4, -0.2) is 44.2 Å². The van der Waals surface area contributed by atoms with E-state index in [0.29, 0.717) is 5.56 Å². The molecule has 124 valence electrons. The molecule has 5 nitrogen and oxygen atoms in total. The van der Waals surface area contributed by atoms with Crippen LogP contribution in [0.25, 0.3) is 0 Å². The molecule has 0 saturated carbocycles. The molecular weight excluding hydrogens is 304 g/mol. The fourth-order valence-corrected chi connectivity index (χ4v) is 3.49. The topological polar surface area (TPSA) is 42.0 Å². The molecule has 0 amide bonds. The van der Waals surface area contributed by atoms with E-state index in [1.807, 2.05) is 42.5 Å². The predicted octanol–water partition coefficient (Wildman–Crippen LogP) is 2.69. The Labute approximate surface area is 141 Å². The average molecular weight is 324 g/mol. The Bertz CT molecular complexity index is 754. The van der Waals surface area contributed by atoms with Crippen molar-refractivity contribution in [2.45, 2.75) is 6.23 Å². The van der Waals surface area contributed by atoms with Crippen molar-refractivity contribution in [2.24, 2.45) is 0 Å². The molecule has 0 bridgehead atoms. The van der Waals surface area contributed by atoms with Gasteiger partial charge in [-0.3, -0.25) is 4.90 Å². The lowest BCUT2D eigenvalue weighted by atomic mass is 10.1. The summed E-state index contributed by atoms with van der Waals surface area (Å²) in [5.41, 5.74) is 2.78.